The molecule has 0 radical (unpaired) electrons. The van der Waals surface area contributed by atoms with Gasteiger partial charge >= 0.3 is 12.4 Å². The molecule has 2 heterocycles. The molecule has 0 saturated heterocycles. The number of aromatic nitrogens is 1. The maximum Gasteiger partial charge on any atom is 0.573 e. The summed E-state index contributed by atoms with van der Waals surface area (Å²) in [6, 6.07) is 4.46. The van der Waals surface area contributed by atoms with Gasteiger partial charge in [-0.1, -0.05) is 11.3 Å². The number of carbonyl (C=O) groups excluding carboxylic acids is 2. The van der Waals surface area contributed by atoms with Crippen molar-refractivity contribution >= 4 is 28.4 Å². The van der Waals surface area contributed by atoms with Gasteiger partial charge < -0.3 is 15.0 Å². The molecule has 1 aliphatic rings. The molecule has 3 amide bonds. The summed E-state index contributed by atoms with van der Waals surface area (Å²) in [5.41, 5.74) is 1.09. The zero-order chi connectivity index (χ0) is 21.2. The number of ether oxygens (including phenoxy) is 1. The third-order valence-corrected chi connectivity index (χ3v) is 4.99. The van der Waals surface area contributed by atoms with E-state index in [2.05, 4.69) is 20.4 Å². The molecule has 1 aromatic carbocycles. The fourth-order valence-corrected chi connectivity index (χ4v) is 3.82. The van der Waals surface area contributed by atoms with Crippen LogP contribution in [0.15, 0.2) is 24.3 Å². The minimum absolute atomic E-state index is 0.00869. The quantitative estimate of drug-likeness (QED) is 0.777. The standard InChI is InChI=1S/C18H19F3N4O3S/c1-10(2)22-16(27)24-17-23-13-7-8-25(9-14(13)29-17)15(26)11-3-5-12(6-4-11)28-18(19,20)21/h3-6,10H,7-9H2,1-2H3,(H2,22,23,24,27). The van der Waals surface area contributed by atoms with Gasteiger partial charge in [-0.2, -0.15) is 0 Å². The lowest BCUT2D eigenvalue weighted by atomic mass is 10.1. The number of nitrogens with one attached hydrogen (secondary N) is 2. The third-order valence-electron chi connectivity index (χ3n) is 3.99. The Morgan fingerprint density at radius 3 is 2.55 bits per heavy atom. The zero-order valence-corrected chi connectivity index (χ0v) is 16.5. The first-order chi connectivity index (χ1) is 13.6. The smallest absolute Gasteiger partial charge is 0.406 e. The number of anilines is 1. The highest BCUT2D eigenvalue weighted by atomic mass is 32.1. The van der Waals surface area contributed by atoms with E-state index in [1.807, 2.05) is 13.8 Å². The van der Waals surface area contributed by atoms with Gasteiger partial charge in [-0.25, -0.2) is 9.78 Å². The highest BCUT2D eigenvalue weighted by Gasteiger charge is 2.31. The number of carbonyl (C=O) groups is 2. The van der Waals surface area contributed by atoms with Gasteiger partial charge in [-0.15, -0.1) is 13.2 Å². The minimum Gasteiger partial charge on any atom is -0.406 e. The van der Waals surface area contributed by atoms with Crippen LogP contribution < -0.4 is 15.4 Å². The lowest BCUT2D eigenvalue weighted by molar-refractivity contribution is -0.274. The number of nitrogens with zero attached hydrogens (tertiary/aromatic N) is 2. The van der Waals surface area contributed by atoms with Gasteiger partial charge in [0.25, 0.3) is 5.91 Å². The van der Waals surface area contributed by atoms with Crippen LogP contribution in [0.1, 0.15) is 34.8 Å². The molecular weight excluding hydrogens is 409 g/mol. The summed E-state index contributed by atoms with van der Waals surface area (Å²) in [6.07, 6.45) is -4.25. The van der Waals surface area contributed by atoms with Gasteiger partial charge in [0.15, 0.2) is 5.13 Å². The lowest BCUT2D eigenvalue weighted by Gasteiger charge is -2.26. The number of thiazole rings is 1. The van der Waals surface area contributed by atoms with Crippen LogP contribution in [0, 0.1) is 0 Å². The molecule has 7 nitrogen and oxygen atoms in total. The van der Waals surface area contributed by atoms with E-state index >= 15 is 0 Å². The predicted octanol–water partition coefficient (Wildman–Crippen LogP) is 3.77. The molecule has 0 unspecified atom stereocenters. The van der Waals surface area contributed by atoms with Crippen LogP contribution in [0.2, 0.25) is 0 Å². The SMILES string of the molecule is CC(C)NC(=O)Nc1nc2c(s1)CN(C(=O)c1ccc(OC(F)(F)F)cc1)CC2. The van der Waals surface area contributed by atoms with Crippen LogP contribution >= 0.6 is 11.3 Å². The molecule has 0 atom stereocenters. The Kier molecular flexibility index (Phi) is 5.96. The Hall–Kier alpha value is -2.82. The fraction of sp³-hybridized carbons (Fsp3) is 0.389. The molecule has 1 aromatic heterocycles. The molecule has 0 aliphatic carbocycles. The number of hydrogen-bond donors (Lipinski definition) is 2. The first kappa shape index (κ1) is 20.9. The van der Waals surface area contributed by atoms with Gasteiger partial charge in [0, 0.05) is 29.4 Å². The molecule has 3 rings (SSSR count). The second-order valence-corrected chi connectivity index (χ2v) is 7.77. The molecule has 2 aromatic rings. The van der Waals surface area contributed by atoms with E-state index in [1.54, 1.807) is 4.90 Å². The number of rotatable bonds is 4. The first-order valence-electron chi connectivity index (χ1n) is 8.82. The Labute approximate surface area is 168 Å². The highest BCUT2D eigenvalue weighted by Crippen LogP contribution is 2.29. The van der Waals surface area contributed by atoms with Gasteiger partial charge in [0.2, 0.25) is 0 Å². The predicted molar refractivity (Wildman–Crippen MR) is 101 cm³/mol. The van der Waals surface area contributed by atoms with Crippen LogP contribution in [0.4, 0.5) is 23.1 Å². The molecule has 0 spiro atoms. The van der Waals surface area contributed by atoms with E-state index < -0.39 is 6.36 Å². The average Bonchev–Trinajstić information content (AvgIpc) is 3.00. The average molecular weight is 428 g/mol. The number of benzene rings is 1. The van der Waals surface area contributed by atoms with Crippen molar-refractivity contribution in [2.45, 2.75) is 39.2 Å². The molecule has 156 valence electrons. The molecule has 0 bridgehead atoms. The second-order valence-electron chi connectivity index (χ2n) is 6.69. The van der Waals surface area contributed by atoms with Gasteiger partial charge in [-0.3, -0.25) is 10.1 Å². The summed E-state index contributed by atoms with van der Waals surface area (Å²) in [5, 5.41) is 5.84. The molecule has 29 heavy (non-hydrogen) atoms. The van der Waals surface area contributed by atoms with Crippen LogP contribution in [0.3, 0.4) is 0 Å². The topological polar surface area (TPSA) is 83.6 Å². The van der Waals surface area contributed by atoms with Crippen LogP contribution in [-0.4, -0.2) is 40.8 Å². The summed E-state index contributed by atoms with van der Waals surface area (Å²) in [5.74, 6) is -0.678. The second kappa shape index (κ2) is 8.27. The molecule has 0 fully saturated rings. The number of amides is 3. The lowest BCUT2D eigenvalue weighted by Crippen LogP contribution is -2.35. The van der Waals surface area contributed by atoms with Crippen molar-refractivity contribution in [3.8, 4) is 5.75 Å². The summed E-state index contributed by atoms with van der Waals surface area (Å²) >= 11 is 1.29. The number of urea groups is 1. The number of alkyl halides is 3. The Morgan fingerprint density at radius 2 is 1.93 bits per heavy atom. The normalized spacial score (nSPS) is 13.8. The van der Waals surface area contributed by atoms with Crippen LogP contribution in [-0.2, 0) is 13.0 Å². The summed E-state index contributed by atoms with van der Waals surface area (Å²) in [7, 11) is 0. The van der Waals surface area contributed by atoms with Gasteiger partial charge in [-0.05, 0) is 38.1 Å². The maximum absolute atomic E-state index is 12.7. The molecular formula is C18H19F3N4O3S. The number of hydrogen-bond acceptors (Lipinski definition) is 5. The highest BCUT2D eigenvalue weighted by molar-refractivity contribution is 7.15. The van der Waals surface area contributed by atoms with Crippen molar-refractivity contribution in [1.82, 2.24) is 15.2 Å². The third kappa shape index (κ3) is 5.59. The van der Waals surface area contributed by atoms with E-state index in [0.29, 0.717) is 24.6 Å². The summed E-state index contributed by atoms with van der Waals surface area (Å²) in [4.78, 5) is 31.3. The molecule has 0 saturated carbocycles. The van der Waals surface area contributed by atoms with Crippen molar-refractivity contribution < 1.29 is 27.5 Å². The molecule has 1 aliphatic heterocycles. The van der Waals surface area contributed by atoms with E-state index in [1.165, 1.54) is 23.5 Å². The van der Waals surface area contributed by atoms with Gasteiger partial charge in [0.1, 0.15) is 5.75 Å². The van der Waals surface area contributed by atoms with E-state index in [-0.39, 0.29) is 29.3 Å². The first-order valence-corrected chi connectivity index (χ1v) is 9.63. The summed E-state index contributed by atoms with van der Waals surface area (Å²) < 4.78 is 40.5. The van der Waals surface area contributed by atoms with E-state index in [9.17, 15) is 22.8 Å². The molecule has 2 N–H and O–H groups in total. The van der Waals surface area contributed by atoms with Crippen LogP contribution in [0.25, 0.3) is 0 Å². The van der Waals surface area contributed by atoms with Crippen molar-refractivity contribution in [3.63, 3.8) is 0 Å². The number of fused-ring (bicyclic) bond motifs is 1. The Morgan fingerprint density at radius 1 is 1.24 bits per heavy atom. The summed E-state index contributed by atoms with van der Waals surface area (Å²) in [6.45, 7) is 4.43. The Balaban J connectivity index is 1.64. The number of halogens is 3. The minimum atomic E-state index is -4.78. The van der Waals surface area contributed by atoms with E-state index in [0.717, 1.165) is 22.7 Å². The van der Waals surface area contributed by atoms with Crippen LogP contribution in [0.5, 0.6) is 5.75 Å². The zero-order valence-electron chi connectivity index (χ0n) is 15.7. The van der Waals surface area contributed by atoms with Gasteiger partial charge in [0.05, 0.1) is 12.2 Å². The maximum atomic E-state index is 12.7. The van der Waals surface area contributed by atoms with Crippen molar-refractivity contribution in [3.05, 3.63) is 40.4 Å². The van der Waals surface area contributed by atoms with Crippen molar-refractivity contribution in [2.24, 2.45) is 0 Å². The molecule has 11 heteroatoms. The largest absolute Gasteiger partial charge is 0.573 e. The monoisotopic (exact) mass is 428 g/mol. The van der Waals surface area contributed by atoms with Crippen molar-refractivity contribution in [1.29, 1.82) is 0 Å². The fourth-order valence-electron chi connectivity index (χ4n) is 2.80. The van der Waals surface area contributed by atoms with Crippen molar-refractivity contribution in [2.75, 3.05) is 11.9 Å². The Bertz CT molecular complexity index is 897. The van der Waals surface area contributed by atoms with E-state index in [4.69, 9.17) is 0 Å².